The first-order chi connectivity index (χ1) is 19.7. The van der Waals surface area contributed by atoms with Gasteiger partial charge in [0, 0.05) is 24.3 Å². The highest BCUT2D eigenvalue weighted by molar-refractivity contribution is 6.09. The van der Waals surface area contributed by atoms with Crippen LogP contribution in [0.5, 0.6) is 0 Å². The Morgan fingerprint density at radius 1 is 0.951 bits per heavy atom. The molecule has 0 bridgehead atoms. The van der Waals surface area contributed by atoms with E-state index in [0.717, 1.165) is 47.4 Å². The predicted octanol–water partition coefficient (Wildman–Crippen LogP) is 7.08. The standard InChI is InChI=1S/C33H29F3N4O/c1-20-6-5-7-27(31(20)21-10-13-24(14-11-21)33(34,35)36)32(41)38-25-15-12-22-16-26(18-23(22)17-25)37-19-30-39-28-8-3-4-9-29(28)40(30)2/h3-15,17,26,37H,16,18-19H2,1-2H3,(H,38,41). The van der Waals surface area contributed by atoms with E-state index in [1.54, 1.807) is 12.1 Å². The van der Waals surface area contributed by atoms with Crippen LogP contribution in [0.15, 0.2) is 84.9 Å². The molecule has 1 amide bonds. The number of carbonyl (C=O) groups is 1. The van der Waals surface area contributed by atoms with Gasteiger partial charge >= 0.3 is 6.18 Å². The molecule has 5 aromatic rings. The summed E-state index contributed by atoms with van der Waals surface area (Å²) < 4.78 is 41.3. The summed E-state index contributed by atoms with van der Waals surface area (Å²) in [6.45, 7) is 2.51. The Kier molecular flexibility index (Phi) is 6.87. The lowest BCUT2D eigenvalue weighted by atomic mass is 9.93. The van der Waals surface area contributed by atoms with Crippen LogP contribution >= 0.6 is 0 Å². The molecule has 4 aromatic carbocycles. The van der Waals surface area contributed by atoms with Crippen molar-refractivity contribution in [3.8, 4) is 11.1 Å². The van der Waals surface area contributed by atoms with Crippen LogP contribution in [0.4, 0.5) is 18.9 Å². The molecule has 0 spiro atoms. The fraction of sp³-hybridized carbons (Fsp3) is 0.212. The minimum Gasteiger partial charge on any atom is -0.330 e. The van der Waals surface area contributed by atoms with E-state index in [-0.39, 0.29) is 11.9 Å². The Bertz CT molecular complexity index is 1760. The second-order valence-electron chi connectivity index (χ2n) is 10.6. The number of benzene rings is 4. The van der Waals surface area contributed by atoms with Gasteiger partial charge in [0.05, 0.1) is 23.1 Å². The summed E-state index contributed by atoms with van der Waals surface area (Å²) in [5.74, 6) is 0.676. The number of nitrogens with one attached hydrogen (secondary N) is 2. The highest BCUT2D eigenvalue weighted by Crippen LogP contribution is 2.34. The van der Waals surface area contributed by atoms with Crippen molar-refractivity contribution in [3.05, 3.63) is 119 Å². The number of halogens is 3. The van der Waals surface area contributed by atoms with Crippen LogP contribution in [0.25, 0.3) is 22.2 Å². The molecule has 2 N–H and O–H groups in total. The number of para-hydroxylation sites is 2. The molecule has 6 rings (SSSR count). The Labute approximate surface area is 236 Å². The summed E-state index contributed by atoms with van der Waals surface area (Å²) in [5.41, 5.74) is 6.86. The molecule has 0 aliphatic heterocycles. The fourth-order valence-electron chi connectivity index (χ4n) is 5.69. The maximum atomic E-state index is 13.4. The van der Waals surface area contributed by atoms with E-state index in [9.17, 15) is 18.0 Å². The minimum absolute atomic E-state index is 0.263. The number of carbonyl (C=O) groups excluding carboxylic acids is 1. The lowest BCUT2D eigenvalue weighted by Gasteiger charge is -2.15. The van der Waals surface area contributed by atoms with Crippen molar-refractivity contribution < 1.29 is 18.0 Å². The predicted molar refractivity (Wildman–Crippen MR) is 155 cm³/mol. The molecule has 0 radical (unpaired) electrons. The summed E-state index contributed by atoms with van der Waals surface area (Å²) in [6.07, 6.45) is -2.69. The SMILES string of the molecule is Cc1cccc(C(=O)Nc2ccc3c(c2)CC(NCc2nc4ccccc4n2C)C3)c1-c1ccc(C(F)(F)F)cc1. The van der Waals surface area contributed by atoms with E-state index in [2.05, 4.69) is 27.3 Å². The molecular weight excluding hydrogens is 525 g/mol. The van der Waals surface area contributed by atoms with Gasteiger partial charge in [-0.25, -0.2) is 4.98 Å². The number of rotatable bonds is 6. The normalized spacial score (nSPS) is 14.8. The Morgan fingerprint density at radius 3 is 2.46 bits per heavy atom. The summed E-state index contributed by atoms with van der Waals surface area (Å²) in [4.78, 5) is 18.2. The van der Waals surface area contributed by atoms with Crippen molar-refractivity contribution in [2.45, 2.75) is 38.5 Å². The third-order valence-corrected chi connectivity index (χ3v) is 7.84. The van der Waals surface area contributed by atoms with E-state index in [1.807, 2.05) is 50.4 Å². The van der Waals surface area contributed by atoms with Gasteiger partial charge in [0.15, 0.2) is 0 Å². The van der Waals surface area contributed by atoms with Crippen LogP contribution in [-0.2, 0) is 32.6 Å². The highest BCUT2D eigenvalue weighted by Gasteiger charge is 2.30. The number of imidazole rings is 1. The first-order valence-corrected chi connectivity index (χ1v) is 13.5. The lowest BCUT2D eigenvalue weighted by molar-refractivity contribution is -0.137. The number of fused-ring (bicyclic) bond motifs is 2. The molecule has 1 atom stereocenters. The molecule has 0 saturated carbocycles. The lowest BCUT2D eigenvalue weighted by Crippen LogP contribution is -2.30. The molecule has 1 unspecified atom stereocenters. The second kappa shape index (κ2) is 10.5. The van der Waals surface area contributed by atoms with Gasteiger partial charge in [0.25, 0.3) is 5.91 Å². The number of nitrogens with zero attached hydrogens (tertiary/aromatic N) is 2. The van der Waals surface area contributed by atoms with Crippen molar-refractivity contribution in [3.63, 3.8) is 0 Å². The number of amides is 1. The van der Waals surface area contributed by atoms with E-state index in [4.69, 9.17) is 4.98 Å². The van der Waals surface area contributed by atoms with Crippen molar-refractivity contribution in [1.82, 2.24) is 14.9 Å². The minimum atomic E-state index is -4.42. The zero-order chi connectivity index (χ0) is 28.7. The monoisotopic (exact) mass is 554 g/mol. The fourth-order valence-corrected chi connectivity index (χ4v) is 5.69. The van der Waals surface area contributed by atoms with E-state index < -0.39 is 11.7 Å². The van der Waals surface area contributed by atoms with Gasteiger partial charge in [0.2, 0.25) is 0 Å². The molecule has 208 valence electrons. The third kappa shape index (κ3) is 5.35. The van der Waals surface area contributed by atoms with Crippen molar-refractivity contribution in [2.75, 3.05) is 5.32 Å². The van der Waals surface area contributed by atoms with Crippen molar-refractivity contribution >= 4 is 22.6 Å². The average Bonchev–Trinajstić information content (AvgIpc) is 3.51. The quantitative estimate of drug-likeness (QED) is 0.236. The van der Waals surface area contributed by atoms with Crippen LogP contribution in [0.1, 0.15) is 38.4 Å². The van der Waals surface area contributed by atoms with Gasteiger partial charge in [-0.2, -0.15) is 13.2 Å². The van der Waals surface area contributed by atoms with Gasteiger partial charge in [0.1, 0.15) is 5.82 Å². The zero-order valence-electron chi connectivity index (χ0n) is 22.7. The van der Waals surface area contributed by atoms with Crippen LogP contribution in [0.3, 0.4) is 0 Å². The molecule has 5 nitrogen and oxygen atoms in total. The topological polar surface area (TPSA) is 59.0 Å². The zero-order valence-corrected chi connectivity index (χ0v) is 22.7. The summed E-state index contributed by atoms with van der Waals surface area (Å²) in [5, 5.41) is 6.64. The number of aryl methyl sites for hydroxylation is 2. The first-order valence-electron chi connectivity index (χ1n) is 13.5. The number of anilines is 1. The second-order valence-corrected chi connectivity index (χ2v) is 10.6. The van der Waals surface area contributed by atoms with Gasteiger partial charge < -0.3 is 15.2 Å². The Balaban J connectivity index is 1.15. The molecule has 1 heterocycles. The van der Waals surface area contributed by atoms with Gasteiger partial charge in [-0.05, 0) is 90.0 Å². The maximum Gasteiger partial charge on any atom is 0.416 e. The van der Waals surface area contributed by atoms with Crippen molar-refractivity contribution in [2.24, 2.45) is 7.05 Å². The molecule has 0 saturated heterocycles. The average molecular weight is 555 g/mol. The van der Waals surface area contributed by atoms with E-state index >= 15 is 0 Å². The van der Waals surface area contributed by atoms with Crippen LogP contribution < -0.4 is 10.6 Å². The summed E-state index contributed by atoms with van der Waals surface area (Å²) in [7, 11) is 2.03. The Morgan fingerprint density at radius 2 is 1.71 bits per heavy atom. The molecule has 8 heteroatoms. The largest absolute Gasteiger partial charge is 0.416 e. The molecular formula is C33H29F3N4O. The summed E-state index contributed by atoms with van der Waals surface area (Å²) in [6, 6.07) is 24.6. The maximum absolute atomic E-state index is 13.4. The molecule has 0 fully saturated rings. The van der Waals surface area contributed by atoms with Gasteiger partial charge in [-0.1, -0.05) is 42.5 Å². The van der Waals surface area contributed by atoms with Crippen molar-refractivity contribution in [1.29, 1.82) is 0 Å². The third-order valence-electron chi connectivity index (χ3n) is 7.84. The van der Waals surface area contributed by atoms with Gasteiger partial charge in [-0.3, -0.25) is 4.79 Å². The summed E-state index contributed by atoms with van der Waals surface area (Å²) >= 11 is 0. The highest BCUT2D eigenvalue weighted by atomic mass is 19.4. The number of hydrogen-bond donors (Lipinski definition) is 2. The van der Waals surface area contributed by atoms with Crippen LogP contribution in [-0.4, -0.2) is 21.5 Å². The van der Waals surface area contributed by atoms with E-state index in [0.29, 0.717) is 28.9 Å². The number of aromatic nitrogens is 2. The molecule has 1 aromatic heterocycles. The number of hydrogen-bond acceptors (Lipinski definition) is 3. The smallest absolute Gasteiger partial charge is 0.330 e. The first kappa shape index (κ1) is 26.8. The molecule has 1 aliphatic carbocycles. The van der Waals surface area contributed by atoms with Crippen LogP contribution in [0.2, 0.25) is 0 Å². The number of alkyl halides is 3. The van der Waals surface area contributed by atoms with Gasteiger partial charge in [-0.15, -0.1) is 0 Å². The van der Waals surface area contributed by atoms with Crippen LogP contribution in [0, 0.1) is 6.92 Å². The molecule has 41 heavy (non-hydrogen) atoms. The Hall–Kier alpha value is -4.43. The van der Waals surface area contributed by atoms with E-state index in [1.165, 1.54) is 23.3 Å². The molecule has 1 aliphatic rings.